The number of benzene rings is 1. The molecule has 1 aromatic carbocycles. The van der Waals surface area contributed by atoms with Gasteiger partial charge in [-0.1, -0.05) is 6.07 Å². The number of hydrogen-bond donors (Lipinski definition) is 1. The third-order valence-electron chi connectivity index (χ3n) is 3.22. The van der Waals surface area contributed by atoms with E-state index in [1.807, 2.05) is 12.1 Å². The van der Waals surface area contributed by atoms with Crippen molar-refractivity contribution < 1.29 is 14.2 Å². The van der Waals surface area contributed by atoms with Crippen molar-refractivity contribution in [3.8, 4) is 11.5 Å². The highest BCUT2D eigenvalue weighted by molar-refractivity contribution is 5.44. The number of ether oxygens (including phenoxy) is 3. The minimum absolute atomic E-state index is 0.339. The van der Waals surface area contributed by atoms with Crippen LogP contribution in [0.3, 0.4) is 0 Å². The van der Waals surface area contributed by atoms with Gasteiger partial charge in [0.05, 0.1) is 6.61 Å². The fraction of sp³-hybridized carbons (Fsp3) is 0.538. The van der Waals surface area contributed by atoms with Crippen molar-refractivity contribution in [2.75, 3.05) is 26.6 Å². The van der Waals surface area contributed by atoms with E-state index in [0.29, 0.717) is 12.7 Å². The van der Waals surface area contributed by atoms with E-state index in [0.717, 1.165) is 37.8 Å². The Morgan fingerprint density at radius 3 is 3.06 bits per heavy atom. The lowest BCUT2D eigenvalue weighted by atomic mass is 10.1. The Morgan fingerprint density at radius 1 is 1.24 bits per heavy atom. The summed E-state index contributed by atoms with van der Waals surface area (Å²) in [5.41, 5.74) is 1.23. The first kappa shape index (κ1) is 10.9. The molecule has 2 heterocycles. The minimum atomic E-state index is 0.339. The molecule has 0 spiro atoms. The lowest BCUT2D eigenvalue weighted by Crippen LogP contribution is -2.22. The van der Waals surface area contributed by atoms with Crippen LogP contribution in [-0.4, -0.2) is 26.6 Å². The fourth-order valence-electron chi connectivity index (χ4n) is 2.22. The Balaban J connectivity index is 1.51. The molecule has 0 aromatic heterocycles. The zero-order chi connectivity index (χ0) is 11.5. The van der Waals surface area contributed by atoms with E-state index in [9.17, 15) is 0 Å². The second-order valence-corrected chi connectivity index (χ2v) is 4.55. The molecule has 1 N–H and O–H groups in total. The zero-order valence-corrected chi connectivity index (χ0v) is 9.78. The Bertz CT molecular complexity index is 388. The molecule has 4 heteroatoms. The molecule has 1 atom stereocenters. The molecule has 0 amide bonds. The minimum Gasteiger partial charge on any atom is -0.454 e. The molecule has 1 unspecified atom stereocenters. The van der Waals surface area contributed by atoms with E-state index in [1.54, 1.807) is 0 Å². The SMILES string of the molecule is c1cc2c(cc1CNCC1CCOC1)OCO2. The topological polar surface area (TPSA) is 39.7 Å². The average molecular weight is 235 g/mol. The highest BCUT2D eigenvalue weighted by atomic mass is 16.7. The van der Waals surface area contributed by atoms with Gasteiger partial charge in [0, 0.05) is 19.7 Å². The molecule has 1 fully saturated rings. The highest BCUT2D eigenvalue weighted by Gasteiger charge is 2.15. The first-order valence-electron chi connectivity index (χ1n) is 6.09. The van der Waals surface area contributed by atoms with Crippen LogP contribution >= 0.6 is 0 Å². The van der Waals surface area contributed by atoms with Crippen LogP contribution < -0.4 is 14.8 Å². The van der Waals surface area contributed by atoms with Crippen LogP contribution in [-0.2, 0) is 11.3 Å². The Hall–Kier alpha value is -1.26. The Labute approximate surface area is 101 Å². The van der Waals surface area contributed by atoms with Gasteiger partial charge in [-0.05, 0) is 30.0 Å². The summed E-state index contributed by atoms with van der Waals surface area (Å²) in [5, 5.41) is 3.46. The summed E-state index contributed by atoms with van der Waals surface area (Å²) < 4.78 is 16.0. The molecule has 17 heavy (non-hydrogen) atoms. The predicted molar refractivity (Wildman–Crippen MR) is 63.2 cm³/mol. The van der Waals surface area contributed by atoms with E-state index in [1.165, 1.54) is 12.0 Å². The van der Waals surface area contributed by atoms with Gasteiger partial charge < -0.3 is 19.5 Å². The van der Waals surface area contributed by atoms with Crippen molar-refractivity contribution in [2.24, 2.45) is 5.92 Å². The second kappa shape index (κ2) is 4.94. The van der Waals surface area contributed by atoms with Gasteiger partial charge in [0.1, 0.15) is 0 Å². The molecule has 1 saturated heterocycles. The summed E-state index contributed by atoms with van der Waals surface area (Å²) >= 11 is 0. The molecule has 1 aromatic rings. The molecule has 3 rings (SSSR count). The summed E-state index contributed by atoms with van der Waals surface area (Å²) in [6, 6.07) is 6.09. The van der Waals surface area contributed by atoms with Crippen molar-refractivity contribution in [2.45, 2.75) is 13.0 Å². The number of nitrogens with one attached hydrogen (secondary N) is 1. The summed E-state index contributed by atoms with van der Waals surface area (Å²) in [4.78, 5) is 0. The van der Waals surface area contributed by atoms with Crippen LogP contribution in [0.25, 0.3) is 0 Å². The lowest BCUT2D eigenvalue weighted by Gasteiger charge is -2.09. The van der Waals surface area contributed by atoms with Gasteiger partial charge in [0.2, 0.25) is 6.79 Å². The molecule has 2 aliphatic rings. The molecule has 92 valence electrons. The molecule has 0 radical (unpaired) electrons. The van der Waals surface area contributed by atoms with Crippen LogP contribution in [0.5, 0.6) is 11.5 Å². The van der Waals surface area contributed by atoms with Crippen molar-refractivity contribution >= 4 is 0 Å². The third kappa shape index (κ3) is 2.53. The molecule has 0 bridgehead atoms. The monoisotopic (exact) mass is 235 g/mol. The van der Waals surface area contributed by atoms with Gasteiger partial charge >= 0.3 is 0 Å². The van der Waals surface area contributed by atoms with Crippen LogP contribution in [0, 0.1) is 5.92 Å². The zero-order valence-electron chi connectivity index (χ0n) is 9.78. The quantitative estimate of drug-likeness (QED) is 0.859. The van der Waals surface area contributed by atoms with Crippen LogP contribution in [0.15, 0.2) is 18.2 Å². The largest absolute Gasteiger partial charge is 0.454 e. The maximum atomic E-state index is 5.35. The van der Waals surface area contributed by atoms with Gasteiger partial charge in [-0.15, -0.1) is 0 Å². The molecule has 0 aliphatic carbocycles. The maximum absolute atomic E-state index is 5.35. The standard InChI is InChI=1S/C13H17NO3/c1-2-12-13(17-9-16-12)5-10(1)6-14-7-11-3-4-15-8-11/h1-2,5,11,14H,3-4,6-9H2. The van der Waals surface area contributed by atoms with Gasteiger partial charge in [0.25, 0.3) is 0 Å². The summed E-state index contributed by atoms with van der Waals surface area (Å²) in [6.45, 7) is 4.04. The molecule has 0 saturated carbocycles. The van der Waals surface area contributed by atoms with E-state index < -0.39 is 0 Å². The van der Waals surface area contributed by atoms with Gasteiger partial charge in [-0.3, -0.25) is 0 Å². The van der Waals surface area contributed by atoms with Crippen molar-refractivity contribution in [3.63, 3.8) is 0 Å². The molecular formula is C13H17NO3. The van der Waals surface area contributed by atoms with E-state index in [2.05, 4.69) is 11.4 Å². The third-order valence-corrected chi connectivity index (χ3v) is 3.22. The van der Waals surface area contributed by atoms with E-state index in [4.69, 9.17) is 14.2 Å². The van der Waals surface area contributed by atoms with E-state index in [-0.39, 0.29) is 0 Å². The number of fused-ring (bicyclic) bond motifs is 1. The number of hydrogen-bond acceptors (Lipinski definition) is 4. The predicted octanol–water partition coefficient (Wildman–Crippen LogP) is 1.54. The van der Waals surface area contributed by atoms with Crippen LogP contribution in [0.4, 0.5) is 0 Å². The van der Waals surface area contributed by atoms with Crippen molar-refractivity contribution in [3.05, 3.63) is 23.8 Å². The summed E-state index contributed by atoms with van der Waals surface area (Å²) in [6.07, 6.45) is 1.17. The Morgan fingerprint density at radius 2 is 2.18 bits per heavy atom. The van der Waals surface area contributed by atoms with Crippen LogP contribution in [0.1, 0.15) is 12.0 Å². The molecular weight excluding hydrogens is 218 g/mol. The first-order chi connectivity index (χ1) is 8.42. The number of rotatable bonds is 4. The maximum Gasteiger partial charge on any atom is 0.231 e. The fourth-order valence-corrected chi connectivity index (χ4v) is 2.22. The second-order valence-electron chi connectivity index (χ2n) is 4.55. The summed E-state index contributed by atoms with van der Waals surface area (Å²) in [5.74, 6) is 2.37. The Kier molecular flexibility index (Phi) is 3.16. The van der Waals surface area contributed by atoms with Gasteiger partial charge in [-0.25, -0.2) is 0 Å². The van der Waals surface area contributed by atoms with E-state index >= 15 is 0 Å². The van der Waals surface area contributed by atoms with Crippen molar-refractivity contribution in [1.82, 2.24) is 5.32 Å². The van der Waals surface area contributed by atoms with Crippen LogP contribution in [0.2, 0.25) is 0 Å². The normalized spacial score (nSPS) is 22.0. The smallest absolute Gasteiger partial charge is 0.231 e. The van der Waals surface area contributed by atoms with Gasteiger partial charge in [-0.2, -0.15) is 0 Å². The molecule has 4 nitrogen and oxygen atoms in total. The highest BCUT2D eigenvalue weighted by Crippen LogP contribution is 2.32. The summed E-state index contributed by atoms with van der Waals surface area (Å²) in [7, 11) is 0. The van der Waals surface area contributed by atoms with Crippen molar-refractivity contribution in [1.29, 1.82) is 0 Å². The molecule has 2 aliphatic heterocycles. The van der Waals surface area contributed by atoms with Gasteiger partial charge in [0.15, 0.2) is 11.5 Å². The lowest BCUT2D eigenvalue weighted by molar-refractivity contribution is 0.174. The first-order valence-corrected chi connectivity index (χ1v) is 6.09. The average Bonchev–Trinajstić information content (AvgIpc) is 2.98.